The Balaban J connectivity index is 1.53. The van der Waals surface area contributed by atoms with Crippen LogP contribution in [0.5, 0.6) is 17.6 Å². The number of benzene rings is 2. The highest BCUT2D eigenvalue weighted by atomic mass is 35.5. The van der Waals surface area contributed by atoms with Crippen LogP contribution in [-0.2, 0) is 10.2 Å². The summed E-state index contributed by atoms with van der Waals surface area (Å²) in [5, 5.41) is 10.8. The van der Waals surface area contributed by atoms with E-state index in [0.717, 1.165) is 18.9 Å². The number of halogens is 3. The summed E-state index contributed by atoms with van der Waals surface area (Å²) in [6.07, 6.45) is 2.07. The highest BCUT2D eigenvalue weighted by molar-refractivity contribution is 6.30. The van der Waals surface area contributed by atoms with E-state index in [4.69, 9.17) is 25.5 Å². The first-order chi connectivity index (χ1) is 15.8. The maximum Gasteiger partial charge on any atom is 0.420 e. The molecule has 0 spiro atoms. The summed E-state index contributed by atoms with van der Waals surface area (Å²) >= 11 is 5.63. The van der Waals surface area contributed by atoms with Gasteiger partial charge in [0.25, 0.3) is 5.91 Å². The Morgan fingerprint density at radius 3 is 2.55 bits per heavy atom. The zero-order chi connectivity index (χ0) is 23.8. The summed E-state index contributed by atoms with van der Waals surface area (Å²) in [4.78, 5) is 12.1. The Bertz CT molecular complexity index is 1080. The van der Waals surface area contributed by atoms with Crippen molar-refractivity contribution in [2.24, 2.45) is 0 Å². The normalized spacial score (nSPS) is 12.8. The van der Waals surface area contributed by atoms with Crippen LogP contribution in [0.25, 0.3) is 0 Å². The molecule has 1 atom stereocenters. The van der Waals surface area contributed by atoms with Gasteiger partial charge in [-0.3, -0.25) is 4.79 Å². The van der Waals surface area contributed by atoms with Crippen molar-refractivity contribution in [2.75, 3.05) is 13.2 Å². The number of carbonyl (C=O) groups is 1. The molecule has 2 aromatic carbocycles. The molecule has 0 fully saturated rings. The summed E-state index contributed by atoms with van der Waals surface area (Å²) in [5.41, 5.74) is -0.500. The van der Waals surface area contributed by atoms with Gasteiger partial charge in [-0.1, -0.05) is 37.0 Å². The van der Waals surface area contributed by atoms with E-state index in [-0.39, 0.29) is 35.2 Å². The van der Waals surface area contributed by atoms with Crippen LogP contribution >= 0.6 is 11.6 Å². The lowest BCUT2D eigenvalue weighted by molar-refractivity contribution is -0.123. The zero-order valence-electron chi connectivity index (χ0n) is 18.2. The molecule has 0 aliphatic heterocycles. The van der Waals surface area contributed by atoms with Gasteiger partial charge in [0, 0.05) is 18.0 Å². The quantitative estimate of drug-likeness (QED) is 0.394. The monoisotopic (exact) mass is 479 g/mol. The predicted molar refractivity (Wildman–Crippen MR) is 118 cm³/mol. The van der Waals surface area contributed by atoms with Crippen molar-refractivity contribution in [1.29, 1.82) is 0 Å². The maximum atomic E-state index is 13.5. The molecule has 0 saturated carbocycles. The van der Waals surface area contributed by atoms with E-state index in [1.165, 1.54) is 36.4 Å². The van der Waals surface area contributed by atoms with E-state index >= 15 is 0 Å². The molecular formula is C23H24ClF2N3O4. The summed E-state index contributed by atoms with van der Waals surface area (Å²) in [6, 6.07) is 9.42. The third kappa shape index (κ3) is 6.89. The van der Waals surface area contributed by atoms with Gasteiger partial charge >= 0.3 is 6.08 Å². The van der Waals surface area contributed by atoms with Crippen LogP contribution < -0.4 is 14.8 Å². The minimum Gasteiger partial charge on any atom is -0.484 e. The topological polar surface area (TPSA) is 86.5 Å². The lowest BCUT2D eigenvalue weighted by atomic mass is 9.82. The molecule has 1 heterocycles. The van der Waals surface area contributed by atoms with E-state index in [1.807, 2.05) is 13.8 Å². The van der Waals surface area contributed by atoms with Crippen molar-refractivity contribution < 1.29 is 27.5 Å². The number of hydrogen-bond acceptors (Lipinski definition) is 6. The van der Waals surface area contributed by atoms with Crippen molar-refractivity contribution in [2.45, 2.75) is 38.5 Å². The Hall–Kier alpha value is -3.20. The number of nitrogens with one attached hydrogen (secondary N) is 1. The number of ether oxygens (including phenoxy) is 2. The molecule has 0 saturated heterocycles. The molecule has 10 heteroatoms. The number of hydrogen-bond donors (Lipinski definition) is 1. The van der Waals surface area contributed by atoms with Gasteiger partial charge in [-0.05, 0) is 49.2 Å². The SMILES string of the molecule is CCCC(C)(CCNC(=O)COc1ccc(Cl)c(F)c1)c1nnc(Oc2ccc(F)cc2)o1. The average Bonchev–Trinajstić information content (AvgIpc) is 3.26. The van der Waals surface area contributed by atoms with E-state index in [2.05, 4.69) is 15.5 Å². The van der Waals surface area contributed by atoms with E-state index in [1.54, 1.807) is 0 Å². The molecule has 7 nitrogen and oxygen atoms in total. The van der Waals surface area contributed by atoms with Crippen LogP contribution in [-0.4, -0.2) is 29.3 Å². The first-order valence-corrected chi connectivity index (χ1v) is 10.8. The van der Waals surface area contributed by atoms with Crippen LogP contribution in [0.1, 0.15) is 39.0 Å². The van der Waals surface area contributed by atoms with Gasteiger partial charge in [-0.15, -0.1) is 5.10 Å². The van der Waals surface area contributed by atoms with E-state index < -0.39 is 11.2 Å². The third-order valence-corrected chi connectivity index (χ3v) is 5.31. The van der Waals surface area contributed by atoms with Gasteiger partial charge in [0.2, 0.25) is 5.89 Å². The smallest absolute Gasteiger partial charge is 0.420 e. The molecule has 0 radical (unpaired) electrons. The Morgan fingerprint density at radius 1 is 1.12 bits per heavy atom. The number of aromatic nitrogens is 2. The van der Waals surface area contributed by atoms with E-state index in [9.17, 15) is 13.6 Å². The second-order valence-electron chi connectivity index (χ2n) is 7.70. The first-order valence-electron chi connectivity index (χ1n) is 10.4. The van der Waals surface area contributed by atoms with Crippen LogP contribution in [0.3, 0.4) is 0 Å². The molecule has 0 aliphatic carbocycles. The van der Waals surface area contributed by atoms with Gasteiger partial charge in [-0.25, -0.2) is 8.78 Å². The van der Waals surface area contributed by atoms with Crippen molar-refractivity contribution in [1.82, 2.24) is 15.5 Å². The van der Waals surface area contributed by atoms with E-state index in [0.29, 0.717) is 24.6 Å². The largest absolute Gasteiger partial charge is 0.484 e. The maximum absolute atomic E-state index is 13.5. The molecule has 3 aromatic rings. The van der Waals surface area contributed by atoms with Crippen molar-refractivity contribution in [3.8, 4) is 17.6 Å². The van der Waals surface area contributed by atoms with Crippen molar-refractivity contribution in [3.63, 3.8) is 0 Å². The number of carbonyl (C=O) groups excluding carboxylic acids is 1. The first kappa shape index (κ1) is 24.4. The molecule has 3 rings (SSSR count). The minimum atomic E-state index is -0.618. The zero-order valence-corrected chi connectivity index (χ0v) is 19.0. The lowest BCUT2D eigenvalue weighted by Gasteiger charge is -2.25. The predicted octanol–water partition coefficient (Wildman–Crippen LogP) is 5.44. The molecule has 1 aromatic heterocycles. The highest BCUT2D eigenvalue weighted by Gasteiger charge is 2.32. The van der Waals surface area contributed by atoms with Crippen LogP contribution in [0.15, 0.2) is 46.9 Å². The summed E-state index contributed by atoms with van der Waals surface area (Å²) in [7, 11) is 0. The minimum absolute atomic E-state index is 0.0192. The van der Waals surface area contributed by atoms with Gasteiger partial charge in [0.1, 0.15) is 23.1 Å². The van der Waals surface area contributed by atoms with Gasteiger partial charge < -0.3 is 19.2 Å². The number of amides is 1. The Labute approximate surface area is 195 Å². The van der Waals surface area contributed by atoms with Crippen molar-refractivity contribution >= 4 is 17.5 Å². The molecule has 0 bridgehead atoms. The average molecular weight is 480 g/mol. The second-order valence-corrected chi connectivity index (χ2v) is 8.11. The fourth-order valence-electron chi connectivity index (χ4n) is 3.23. The van der Waals surface area contributed by atoms with Gasteiger partial charge in [-0.2, -0.15) is 0 Å². The van der Waals surface area contributed by atoms with Gasteiger partial charge in [0.15, 0.2) is 6.61 Å². The molecule has 1 unspecified atom stereocenters. The Kier molecular flexibility index (Phi) is 8.21. The second kappa shape index (κ2) is 11.1. The number of nitrogens with zero attached hydrogens (tertiary/aromatic N) is 2. The molecular weight excluding hydrogens is 456 g/mol. The molecule has 1 N–H and O–H groups in total. The summed E-state index contributed by atoms with van der Waals surface area (Å²) < 4.78 is 43.0. The standard InChI is InChI=1S/C23H24ClF2N3O4/c1-3-10-23(2,21-28-29-22(33-21)32-16-6-4-15(25)5-7-16)11-12-27-20(30)14-31-17-8-9-18(24)19(26)13-17/h4-9,13H,3,10-12,14H2,1-2H3,(H,27,30). The van der Waals surface area contributed by atoms with Gasteiger partial charge in [0.05, 0.1) is 5.02 Å². The van der Waals surface area contributed by atoms with Crippen LogP contribution in [0.4, 0.5) is 8.78 Å². The van der Waals surface area contributed by atoms with Crippen molar-refractivity contribution in [3.05, 3.63) is 65.0 Å². The van der Waals surface area contributed by atoms with Crippen LogP contribution in [0, 0.1) is 11.6 Å². The summed E-state index contributed by atoms with van der Waals surface area (Å²) in [5.74, 6) is -0.387. The lowest BCUT2D eigenvalue weighted by Crippen LogP contribution is -2.34. The highest BCUT2D eigenvalue weighted by Crippen LogP contribution is 2.33. The fourth-order valence-corrected chi connectivity index (χ4v) is 3.35. The molecule has 176 valence electrons. The molecule has 0 aliphatic rings. The third-order valence-electron chi connectivity index (χ3n) is 5.00. The fraction of sp³-hybridized carbons (Fsp3) is 0.348. The Morgan fingerprint density at radius 2 is 1.85 bits per heavy atom. The van der Waals surface area contributed by atoms with Crippen LogP contribution in [0.2, 0.25) is 5.02 Å². The molecule has 1 amide bonds. The molecule has 33 heavy (non-hydrogen) atoms. The number of rotatable bonds is 11. The summed E-state index contributed by atoms with van der Waals surface area (Å²) in [6.45, 7) is 4.07.